The number of amides is 1. The highest BCUT2D eigenvalue weighted by Crippen LogP contribution is 2.31. The number of thiophene rings is 1. The predicted octanol–water partition coefficient (Wildman–Crippen LogP) is 4.04. The first-order valence-electron chi connectivity index (χ1n) is 10.8. The molecule has 0 bridgehead atoms. The average molecular weight is 486 g/mol. The topological polar surface area (TPSA) is 73.7 Å². The van der Waals surface area contributed by atoms with Crippen LogP contribution in [-0.2, 0) is 11.3 Å². The van der Waals surface area contributed by atoms with Gasteiger partial charge >= 0.3 is 0 Å². The van der Waals surface area contributed by atoms with E-state index in [1.165, 1.54) is 23.1 Å². The minimum Gasteiger partial charge on any atom is -0.486 e. The van der Waals surface area contributed by atoms with Gasteiger partial charge in [0.2, 0.25) is 5.91 Å². The molecule has 0 spiro atoms. The Bertz CT molecular complexity index is 1250. The molecule has 1 aliphatic rings. The molecule has 0 unspecified atom stereocenters. The summed E-state index contributed by atoms with van der Waals surface area (Å²) in [7, 11) is 0. The first-order valence-corrected chi connectivity index (χ1v) is 12.6. The monoisotopic (exact) mass is 485 g/mol. The lowest BCUT2D eigenvalue weighted by Crippen LogP contribution is -2.44. The molecule has 1 atom stereocenters. The summed E-state index contributed by atoms with van der Waals surface area (Å²) in [4.78, 5) is 34.4. The Labute approximate surface area is 201 Å². The van der Waals surface area contributed by atoms with Gasteiger partial charge in [0, 0.05) is 18.0 Å². The fourth-order valence-corrected chi connectivity index (χ4v) is 5.71. The van der Waals surface area contributed by atoms with Crippen LogP contribution < -0.4 is 15.0 Å². The average Bonchev–Trinajstić information content (AvgIpc) is 3.11. The first kappa shape index (κ1) is 23.4. The van der Waals surface area contributed by atoms with Crippen molar-refractivity contribution in [1.29, 1.82) is 0 Å². The third-order valence-electron chi connectivity index (χ3n) is 5.62. The highest BCUT2D eigenvalue weighted by molar-refractivity contribution is 7.99. The van der Waals surface area contributed by atoms with Crippen LogP contribution in [0, 0.1) is 13.8 Å². The van der Waals surface area contributed by atoms with E-state index in [2.05, 4.69) is 6.58 Å². The van der Waals surface area contributed by atoms with Crippen LogP contribution in [0.15, 0.2) is 46.9 Å². The number of rotatable bonds is 8. The van der Waals surface area contributed by atoms with Crippen molar-refractivity contribution in [2.75, 3.05) is 25.4 Å². The van der Waals surface area contributed by atoms with E-state index in [0.29, 0.717) is 47.4 Å². The Morgan fingerprint density at radius 1 is 1.36 bits per heavy atom. The number of fused-ring (bicyclic) bond motifs is 2. The minimum atomic E-state index is -0.237. The van der Waals surface area contributed by atoms with Gasteiger partial charge in [-0.1, -0.05) is 30.0 Å². The molecule has 3 heterocycles. The summed E-state index contributed by atoms with van der Waals surface area (Å²) in [5.74, 6) is 1.55. The number of benzene rings is 1. The number of carbonyl (C=O) groups excluding carboxylic acids is 1. The van der Waals surface area contributed by atoms with Crippen LogP contribution >= 0.6 is 23.1 Å². The van der Waals surface area contributed by atoms with Crippen LogP contribution in [0.5, 0.6) is 11.5 Å². The summed E-state index contributed by atoms with van der Waals surface area (Å²) in [6, 6.07) is 7.53. The maximum atomic E-state index is 13.1. The molecule has 4 rings (SSSR count). The normalized spacial score (nSPS) is 14.9. The van der Waals surface area contributed by atoms with Gasteiger partial charge in [0.05, 0.1) is 17.7 Å². The van der Waals surface area contributed by atoms with Gasteiger partial charge in [-0.05, 0) is 38.5 Å². The Morgan fingerprint density at radius 3 is 2.85 bits per heavy atom. The smallest absolute Gasteiger partial charge is 0.263 e. The van der Waals surface area contributed by atoms with Crippen LogP contribution in [0.4, 0.5) is 0 Å². The third kappa shape index (κ3) is 4.79. The Morgan fingerprint density at radius 2 is 2.12 bits per heavy atom. The number of thioether (sulfide) groups is 1. The maximum Gasteiger partial charge on any atom is 0.263 e. The molecule has 1 aromatic carbocycles. The number of hydrogen-bond donors (Lipinski definition) is 0. The summed E-state index contributed by atoms with van der Waals surface area (Å²) in [5, 5.41) is 1.18. The van der Waals surface area contributed by atoms with E-state index < -0.39 is 0 Å². The van der Waals surface area contributed by atoms with Crippen LogP contribution in [-0.4, -0.2) is 51.9 Å². The number of nitrogens with zero attached hydrogens (tertiary/aromatic N) is 3. The van der Waals surface area contributed by atoms with Crippen molar-refractivity contribution in [3.05, 3.63) is 57.7 Å². The fraction of sp³-hybridized carbons (Fsp3) is 0.375. The van der Waals surface area contributed by atoms with E-state index in [1.54, 1.807) is 15.5 Å². The van der Waals surface area contributed by atoms with Gasteiger partial charge in [0.25, 0.3) is 5.56 Å². The van der Waals surface area contributed by atoms with Crippen LogP contribution in [0.25, 0.3) is 10.2 Å². The quantitative estimate of drug-likeness (QED) is 0.272. The van der Waals surface area contributed by atoms with E-state index in [-0.39, 0.29) is 23.3 Å². The molecular formula is C24H27N3O4S2. The van der Waals surface area contributed by atoms with E-state index in [0.717, 1.165) is 16.2 Å². The lowest BCUT2D eigenvalue weighted by atomic mass is 10.2. The summed E-state index contributed by atoms with van der Waals surface area (Å²) < 4.78 is 13.4. The standard InChI is InChI=1S/C24H27N3O4S2/c1-5-11-27-23(29)21-15(3)16(4)33-22(21)25-24(27)32-14-20(28)26(6-2)12-17-13-30-18-9-7-8-10-19(18)31-17/h5,7-10,17H,1,6,11-14H2,2-4H3/t17-/m1/s1. The lowest BCUT2D eigenvalue weighted by Gasteiger charge is -2.30. The van der Waals surface area contributed by atoms with E-state index in [9.17, 15) is 9.59 Å². The molecule has 174 valence electrons. The second-order valence-corrected chi connectivity index (χ2v) is 9.93. The van der Waals surface area contributed by atoms with Crippen molar-refractivity contribution in [2.45, 2.75) is 38.6 Å². The van der Waals surface area contributed by atoms with Crippen molar-refractivity contribution in [3.63, 3.8) is 0 Å². The highest BCUT2D eigenvalue weighted by atomic mass is 32.2. The molecular weight excluding hydrogens is 458 g/mol. The molecule has 0 radical (unpaired) electrons. The van der Waals surface area contributed by atoms with E-state index in [4.69, 9.17) is 14.5 Å². The summed E-state index contributed by atoms with van der Waals surface area (Å²) >= 11 is 2.79. The number of para-hydroxylation sites is 2. The molecule has 0 aliphatic carbocycles. The molecule has 1 aliphatic heterocycles. The van der Waals surface area contributed by atoms with Crippen molar-refractivity contribution >= 4 is 39.2 Å². The number of ether oxygens (including phenoxy) is 2. The number of aryl methyl sites for hydroxylation is 2. The van der Waals surface area contributed by atoms with Gasteiger partial charge < -0.3 is 14.4 Å². The van der Waals surface area contributed by atoms with Gasteiger partial charge in [-0.25, -0.2) is 4.98 Å². The number of carbonyl (C=O) groups is 1. The maximum absolute atomic E-state index is 13.1. The molecule has 0 N–H and O–H groups in total. The summed E-state index contributed by atoms with van der Waals surface area (Å²) in [6.07, 6.45) is 1.44. The van der Waals surface area contributed by atoms with Crippen molar-refractivity contribution in [1.82, 2.24) is 14.5 Å². The molecule has 0 saturated carbocycles. The molecule has 1 amide bonds. The van der Waals surface area contributed by atoms with Gasteiger partial charge in [-0.2, -0.15) is 0 Å². The zero-order chi connectivity index (χ0) is 23.5. The van der Waals surface area contributed by atoms with Crippen LogP contribution in [0.1, 0.15) is 17.4 Å². The second kappa shape index (κ2) is 10.0. The Hall–Kier alpha value is -2.78. The third-order valence-corrected chi connectivity index (χ3v) is 7.68. The first-order chi connectivity index (χ1) is 15.9. The predicted molar refractivity (Wildman–Crippen MR) is 133 cm³/mol. The van der Waals surface area contributed by atoms with Gasteiger partial charge in [0.1, 0.15) is 11.4 Å². The van der Waals surface area contributed by atoms with Crippen molar-refractivity contribution in [2.24, 2.45) is 0 Å². The molecule has 33 heavy (non-hydrogen) atoms. The Balaban J connectivity index is 1.47. The number of likely N-dealkylation sites (N-methyl/N-ethyl adjacent to an activating group) is 1. The molecule has 2 aromatic heterocycles. The minimum absolute atomic E-state index is 0.0389. The fourth-order valence-electron chi connectivity index (χ4n) is 3.73. The van der Waals surface area contributed by atoms with Gasteiger partial charge in [-0.3, -0.25) is 14.2 Å². The lowest BCUT2D eigenvalue weighted by molar-refractivity contribution is -0.129. The van der Waals surface area contributed by atoms with Gasteiger partial charge in [-0.15, -0.1) is 17.9 Å². The van der Waals surface area contributed by atoms with Crippen molar-refractivity contribution < 1.29 is 14.3 Å². The molecule has 0 fully saturated rings. The zero-order valence-corrected chi connectivity index (χ0v) is 20.6. The number of aromatic nitrogens is 2. The SMILES string of the molecule is C=CCn1c(SCC(=O)N(CC)C[C@@H]2COc3ccccc3O2)nc2sc(C)c(C)c2c1=O. The Kier molecular flexibility index (Phi) is 7.09. The second-order valence-electron chi connectivity index (χ2n) is 7.78. The summed E-state index contributed by atoms with van der Waals surface area (Å²) in [6.45, 7) is 11.4. The molecule has 7 nitrogen and oxygen atoms in total. The molecule has 9 heteroatoms. The van der Waals surface area contributed by atoms with E-state index >= 15 is 0 Å². The van der Waals surface area contributed by atoms with Crippen molar-refractivity contribution in [3.8, 4) is 11.5 Å². The van der Waals surface area contributed by atoms with Gasteiger partial charge in [0.15, 0.2) is 22.8 Å². The van der Waals surface area contributed by atoms with Crippen LogP contribution in [0.2, 0.25) is 0 Å². The number of hydrogen-bond acceptors (Lipinski definition) is 7. The molecule has 0 saturated heterocycles. The summed E-state index contributed by atoms with van der Waals surface area (Å²) in [5.41, 5.74) is 0.877. The van der Waals surface area contributed by atoms with Crippen LogP contribution in [0.3, 0.4) is 0 Å². The largest absolute Gasteiger partial charge is 0.486 e. The zero-order valence-electron chi connectivity index (χ0n) is 19.0. The molecule has 3 aromatic rings. The van der Waals surface area contributed by atoms with E-state index in [1.807, 2.05) is 45.0 Å². The highest BCUT2D eigenvalue weighted by Gasteiger charge is 2.25. The number of allylic oxidation sites excluding steroid dienone is 1.